The van der Waals surface area contributed by atoms with Gasteiger partial charge in [-0.15, -0.1) is 0 Å². The fraction of sp³-hybridized carbons (Fsp3) is 1.00. The Morgan fingerprint density at radius 2 is 1.94 bits per heavy atom. The lowest BCUT2D eigenvalue weighted by atomic mass is 9.89. The lowest BCUT2D eigenvalue weighted by molar-refractivity contribution is -0.00132. The van der Waals surface area contributed by atoms with Crippen molar-refractivity contribution in [2.75, 3.05) is 33.0 Å². The monoisotopic (exact) mass is 261 g/mol. The molecular formula is C13H27NO4. The molecule has 1 fully saturated rings. The van der Waals surface area contributed by atoms with E-state index in [1.54, 1.807) is 0 Å². The molecule has 0 bridgehead atoms. The first-order valence-electron chi connectivity index (χ1n) is 6.97. The van der Waals surface area contributed by atoms with Gasteiger partial charge in [0.05, 0.1) is 32.0 Å². The Kier molecular flexibility index (Phi) is 8.54. The highest BCUT2D eigenvalue weighted by Gasteiger charge is 2.26. The van der Waals surface area contributed by atoms with E-state index < -0.39 is 6.10 Å². The van der Waals surface area contributed by atoms with Crippen LogP contribution in [0.15, 0.2) is 0 Å². The van der Waals surface area contributed by atoms with Crippen LogP contribution >= 0.6 is 0 Å². The summed E-state index contributed by atoms with van der Waals surface area (Å²) in [7, 11) is 0. The van der Waals surface area contributed by atoms with Crippen LogP contribution in [0.25, 0.3) is 0 Å². The van der Waals surface area contributed by atoms with E-state index in [-0.39, 0.29) is 6.10 Å². The summed E-state index contributed by atoms with van der Waals surface area (Å²) in [6.45, 7) is 4.89. The number of hydrogen-bond acceptors (Lipinski definition) is 5. The van der Waals surface area contributed by atoms with Gasteiger partial charge in [0.2, 0.25) is 0 Å². The summed E-state index contributed by atoms with van der Waals surface area (Å²) >= 11 is 0. The van der Waals surface area contributed by atoms with Crippen LogP contribution in [-0.4, -0.2) is 61.4 Å². The van der Waals surface area contributed by atoms with Crippen molar-refractivity contribution in [2.45, 2.75) is 50.9 Å². The molecule has 1 atom stereocenters. The summed E-state index contributed by atoms with van der Waals surface area (Å²) in [5.41, 5.74) is 0. The van der Waals surface area contributed by atoms with Crippen molar-refractivity contribution in [1.29, 1.82) is 0 Å². The second-order valence-electron chi connectivity index (χ2n) is 4.93. The van der Waals surface area contributed by atoms with Crippen LogP contribution in [0.1, 0.15) is 32.6 Å². The van der Waals surface area contributed by atoms with Crippen molar-refractivity contribution in [3.05, 3.63) is 0 Å². The van der Waals surface area contributed by atoms with Crippen molar-refractivity contribution in [2.24, 2.45) is 0 Å². The van der Waals surface area contributed by atoms with Gasteiger partial charge in [-0.3, -0.25) is 0 Å². The minimum atomic E-state index is -0.488. The van der Waals surface area contributed by atoms with Gasteiger partial charge in [0.25, 0.3) is 0 Å². The quantitative estimate of drug-likeness (QED) is 0.466. The van der Waals surface area contributed by atoms with Crippen molar-refractivity contribution in [3.8, 4) is 0 Å². The molecule has 3 N–H and O–H groups in total. The number of unbranched alkanes of at least 4 members (excludes halogenated alkanes) is 1. The molecule has 1 rings (SSSR count). The minimum Gasteiger partial charge on any atom is -0.393 e. The fourth-order valence-electron chi connectivity index (χ4n) is 1.80. The van der Waals surface area contributed by atoms with Crippen LogP contribution in [0, 0.1) is 0 Å². The van der Waals surface area contributed by atoms with Gasteiger partial charge in [0, 0.05) is 19.2 Å². The zero-order valence-electron chi connectivity index (χ0n) is 11.3. The Labute approximate surface area is 109 Å². The molecule has 5 nitrogen and oxygen atoms in total. The molecule has 1 aliphatic rings. The molecule has 108 valence electrons. The molecule has 0 amide bonds. The van der Waals surface area contributed by atoms with E-state index in [1.165, 1.54) is 0 Å². The Bertz CT molecular complexity index is 197. The Hall–Kier alpha value is -0.200. The third kappa shape index (κ3) is 7.28. The Morgan fingerprint density at radius 1 is 1.22 bits per heavy atom. The molecule has 1 saturated carbocycles. The molecular weight excluding hydrogens is 234 g/mol. The Morgan fingerprint density at radius 3 is 2.61 bits per heavy atom. The average Bonchev–Trinajstić information content (AvgIpc) is 2.32. The van der Waals surface area contributed by atoms with Gasteiger partial charge in [-0.2, -0.15) is 0 Å². The largest absolute Gasteiger partial charge is 0.393 e. The number of ether oxygens (including phenoxy) is 2. The summed E-state index contributed by atoms with van der Waals surface area (Å²) < 4.78 is 10.7. The van der Waals surface area contributed by atoms with E-state index in [4.69, 9.17) is 14.6 Å². The van der Waals surface area contributed by atoms with Gasteiger partial charge in [0.15, 0.2) is 0 Å². The Balaban J connectivity index is 1.80. The highest BCUT2D eigenvalue weighted by Crippen LogP contribution is 2.18. The van der Waals surface area contributed by atoms with E-state index in [0.29, 0.717) is 32.4 Å². The highest BCUT2D eigenvalue weighted by atomic mass is 16.5. The second kappa shape index (κ2) is 9.69. The highest BCUT2D eigenvalue weighted by molar-refractivity contribution is 4.84. The van der Waals surface area contributed by atoms with Crippen LogP contribution < -0.4 is 5.32 Å². The third-order valence-electron chi connectivity index (χ3n) is 3.08. The summed E-state index contributed by atoms with van der Waals surface area (Å²) in [6, 6.07) is 0.354. The van der Waals surface area contributed by atoms with Gasteiger partial charge in [-0.1, -0.05) is 13.3 Å². The lowest BCUT2D eigenvalue weighted by Gasteiger charge is -2.32. The van der Waals surface area contributed by atoms with Crippen molar-refractivity contribution >= 4 is 0 Å². The minimum absolute atomic E-state index is 0.156. The molecule has 1 unspecified atom stereocenters. The van der Waals surface area contributed by atoms with Crippen LogP contribution in [0.5, 0.6) is 0 Å². The van der Waals surface area contributed by atoms with Crippen LogP contribution in [-0.2, 0) is 9.47 Å². The molecule has 0 saturated heterocycles. The molecule has 18 heavy (non-hydrogen) atoms. The number of rotatable bonds is 11. The standard InChI is InChI=1S/C13H27NO4/c1-2-3-4-17-5-6-18-10-13(16)9-14-11-7-12(15)8-11/h11-16H,2-10H2,1H3. The maximum atomic E-state index is 9.63. The predicted octanol–water partition coefficient (Wildman–Crippen LogP) is 0.294. The molecule has 0 aromatic carbocycles. The van der Waals surface area contributed by atoms with Crippen LogP contribution in [0.2, 0.25) is 0 Å². The molecule has 0 aromatic rings. The van der Waals surface area contributed by atoms with Gasteiger partial charge in [0.1, 0.15) is 0 Å². The van der Waals surface area contributed by atoms with Gasteiger partial charge in [-0.25, -0.2) is 0 Å². The zero-order chi connectivity index (χ0) is 13.2. The molecule has 0 aliphatic heterocycles. The summed E-state index contributed by atoms with van der Waals surface area (Å²) in [5, 5.41) is 21.9. The van der Waals surface area contributed by atoms with Gasteiger partial charge >= 0.3 is 0 Å². The maximum absolute atomic E-state index is 9.63. The van der Waals surface area contributed by atoms with Crippen LogP contribution in [0.3, 0.4) is 0 Å². The summed E-state index contributed by atoms with van der Waals surface area (Å²) in [6.07, 6.45) is 3.16. The van der Waals surface area contributed by atoms with E-state index in [0.717, 1.165) is 32.3 Å². The smallest absolute Gasteiger partial charge is 0.0897 e. The summed E-state index contributed by atoms with van der Waals surface area (Å²) in [4.78, 5) is 0. The van der Waals surface area contributed by atoms with Crippen molar-refractivity contribution < 1.29 is 19.7 Å². The lowest BCUT2D eigenvalue weighted by Crippen LogP contribution is -2.47. The van der Waals surface area contributed by atoms with E-state index in [9.17, 15) is 5.11 Å². The SMILES string of the molecule is CCCCOCCOCC(O)CNC1CC(O)C1. The maximum Gasteiger partial charge on any atom is 0.0897 e. The first-order chi connectivity index (χ1) is 8.72. The second-order valence-corrected chi connectivity index (χ2v) is 4.93. The number of aliphatic hydroxyl groups excluding tert-OH is 2. The fourth-order valence-corrected chi connectivity index (χ4v) is 1.80. The molecule has 0 aromatic heterocycles. The average molecular weight is 261 g/mol. The summed E-state index contributed by atoms with van der Waals surface area (Å²) in [5.74, 6) is 0. The topological polar surface area (TPSA) is 71.0 Å². The van der Waals surface area contributed by atoms with E-state index in [1.807, 2.05) is 0 Å². The first kappa shape index (κ1) is 15.9. The number of nitrogens with one attached hydrogen (secondary N) is 1. The van der Waals surface area contributed by atoms with E-state index >= 15 is 0 Å². The van der Waals surface area contributed by atoms with Gasteiger partial charge < -0.3 is 25.0 Å². The van der Waals surface area contributed by atoms with Crippen molar-refractivity contribution in [3.63, 3.8) is 0 Å². The van der Waals surface area contributed by atoms with Gasteiger partial charge in [-0.05, 0) is 19.3 Å². The molecule has 0 radical (unpaired) electrons. The molecule has 1 aliphatic carbocycles. The third-order valence-corrected chi connectivity index (χ3v) is 3.08. The first-order valence-corrected chi connectivity index (χ1v) is 6.97. The van der Waals surface area contributed by atoms with E-state index in [2.05, 4.69) is 12.2 Å². The van der Waals surface area contributed by atoms with Crippen LogP contribution in [0.4, 0.5) is 0 Å². The molecule has 0 spiro atoms. The normalized spacial score (nSPS) is 24.8. The molecule has 0 heterocycles. The molecule has 5 heteroatoms. The number of hydrogen-bond donors (Lipinski definition) is 3. The van der Waals surface area contributed by atoms with Crippen molar-refractivity contribution in [1.82, 2.24) is 5.32 Å². The zero-order valence-corrected chi connectivity index (χ0v) is 11.3. The predicted molar refractivity (Wildman–Crippen MR) is 69.6 cm³/mol. The number of aliphatic hydroxyl groups is 2.